The number of carbonyl (C=O) groups is 1. The van der Waals surface area contributed by atoms with E-state index in [1.165, 1.54) is 16.6 Å². The molecule has 1 amide bonds. The molecule has 48 heavy (non-hydrogen) atoms. The Kier molecular flexibility index (Phi) is 8.01. The topological polar surface area (TPSA) is 62.9 Å². The number of rotatable bonds is 5. The minimum atomic E-state index is -4.73. The number of alkyl halides is 3. The summed E-state index contributed by atoms with van der Waals surface area (Å²) in [7, 11) is 0. The number of nitrogens with zero attached hydrogens (tertiary/aromatic N) is 5. The number of allylic oxidation sites excluding steroid dienone is 1. The van der Waals surface area contributed by atoms with E-state index >= 15 is 0 Å². The summed E-state index contributed by atoms with van der Waals surface area (Å²) in [6.07, 6.45) is -0.0242. The molecule has 2 atom stereocenters. The molecule has 0 radical (unpaired) electrons. The first-order valence-corrected chi connectivity index (χ1v) is 16.3. The zero-order valence-corrected chi connectivity index (χ0v) is 27.3. The Hall–Kier alpha value is -5.05. The van der Waals surface area contributed by atoms with Crippen LogP contribution in [0, 0.1) is 19.8 Å². The largest absolute Gasteiger partial charge is 0.433 e. The van der Waals surface area contributed by atoms with Gasteiger partial charge in [0, 0.05) is 17.5 Å². The molecule has 0 unspecified atom stereocenters. The average Bonchev–Trinajstić information content (AvgIpc) is 3.68. The van der Waals surface area contributed by atoms with Crippen LogP contribution in [0.3, 0.4) is 0 Å². The summed E-state index contributed by atoms with van der Waals surface area (Å²) in [5.41, 5.74) is 6.67. The average molecular weight is 648 g/mol. The Balaban J connectivity index is 1.32. The lowest BCUT2D eigenvalue weighted by molar-refractivity contribution is -0.142. The van der Waals surface area contributed by atoms with Gasteiger partial charge in [0.25, 0.3) is 5.91 Å². The normalized spacial score (nSPS) is 18.9. The highest BCUT2D eigenvalue weighted by Gasteiger charge is 2.45. The zero-order valence-electron chi connectivity index (χ0n) is 27.3. The molecule has 2 aromatic heterocycles. The van der Waals surface area contributed by atoms with E-state index < -0.39 is 23.8 Å². The van der Waals surface area contributed by atoms with Crippen LogP contribution in [0.1, 0.15) is 89.1 Å². The minimum absolute atomic E-state index is 0.0628. The molecule has 0 N–H and O–H groups in total. The predicted octanol–water partition coefficient (Wildman–Crippen LogP) is 9.59. The van der Waals surface area contributed by atoms with E-state index in [1.54, 1.807) is 12.1 Å². The Labute approximate surface area is 277 Å². The van der Waals surface area contributed by atoms with Gasteiger partial charge in [-0.25, -0.2) is 14.5 Å². The second-order valence-electron chi connectivity index (χ2n) is 13.2. The number of hydrogen-bond donors (Lipinski definition) is 0. The van der Waals surface area contributed by atoms with E-state index in [-0.39, 0.29) is 28.9 Å². The lowest BCUT2D eigenvalue weighted by Crippen LogP contribution is -2.32. The zero-order chi connectivity index (χ0) is 33.7. The van der Waals surface area contributed by atoms with Crippen LogP contribution in [0.4, 0.5) is 13.2 Å². The molecule has 5 aromatic rings. The molecular weight excluding hydrogens is 611 g/mol. The standard InChI is InChI=1S/C39H36F3N5O/c1-23(2)27-16-18-28(19-17-27)32-21-34(39(40,41)42)46-35(43-32)22-33(44-46)38(48)47-37(29-14-10-25(4)11-15-29)31-7-5-6-30(36(31)45-47)20-26-12-8-24(3)9-13-26/h8-23,31,37H,5-7H2,1-4H3/b30-20-/t31-,37+/m1/s1. The summed E-state index contributed by atoms with van der Waals surface area (Å²) < 4.78 is 44.1. The molecule has 1 saturated carbocycles. The Morgan fingerprint density at radius 1 is 0.917 bits per heavy atom. The number of benzene rings is 3. The van der Waals surface area contributed by atoms with Crippen molar-refractivity contribution in [1.82, 2.24) is 19.6 Å². The SMILES string of the molecule is Cc1ccc(/C=C2/CCC[C@@H]3C2=NN(C(=O)c2cc4nc(-c5ccc(C(C)C)cc5)cc(C(F)(F)F)n4n2)[C@H]3c2ccc(C)cc2)cc1. The van der Waals surface area contributed by atoms with Crippen LogP contribution in [-0.4, -0.2) is 31.2 Å². The monoisotopic (exact) mass is 647 g/mol. The summed E-state index contributed by atoms with van der Waals surface area (Å²) in [5, 5.41) is 10.6. The van der Waals surface area contributed by atoms with Crippen molar-refractivity contribution in [1.29, 1.82) is 0 Å². The van der Waals surface area contributed by atoms with Gasteiger partial charge in [-0.3, -0.25) is 4.79 Å². The van der Waals surface area contributed by atoms with E-state index in [0.717, 1.165) is 63.4 Å². The molecule has 7 rings (SSSR count). The van der Waals surface area contributed by atoms with Crippen LogP contribution < -0.4 is 0 Å². The lowest BCUT2D eigenvalue weighted by Gasteiger charge is -2.29. The molecule has 3 aromatic carbocycles. The quantitative estimate of drug-likeness (QED) is 0.191. The van der Waals surface area contributed by atoms with Crippen molar-refractivity contribution in [2.75, 3.05) is 0 Å². The molecule has 6 nitrogen and oxygen atoms in total. The number of aryl methyl sites for hydroxylation is 2. The van der Waals surface area contributed by atoms with E-state index in [2.05, 4.69) is 54.3 Å². The minimum Gasteiger partial charge on any atom is -0.265 e. The lowest BCUT2D eigenvalue weighted by atomic mass is 9.77. The van der Waals surface area contributed by atoms with Gasteiger partial charge in [-0.15, -0.1) is 0 Å². The summed E-state index contributed by atoms with van der Waals surface area (Å²) in [6, 6.07) is 25.5. The third-order valence-corrected chi connectivity index (χ3v) is 9.36. The van der Waals surface area contributed by atoms with Gasteiger partial charge in [0.2, 0.25) is 0 Å². The van der Waals surface area contributed by atoms with Gasteiger partial charge in [-0.05, 0) is 73.4 Å². The van der Waals surface area contributed by atoms with Gasteiger partial charge < -0.3 is 0 Å². The van der Waals surface area contributed by atoms with Gasteiger partial charge in [-0.2, -0.15) is 23.4 Å². The van der Waals surface area contributed by atoms with Crippen molar-refractivity contribution in [3.8, 4) is 11.3 Å². The van der Waals surface area contributed by atoms with E-state index in [0.29, 0.717) is 5.56 Å². The second kappa shape index (κ2) is 12.2. The molecular formula is C39H36F3N5O. The van der Waals surface area contributed by atoms with Crippen molar-refractivity contribution in [2.45, 2.75) is 65.1 Å². The van der Waals surface area contributed by atoms with Gasteiger partial charge in [-0.1, -0.05) is 97.8 Å². The Bertz CT molecular complexity index is 2060. The predicted molar refractivity (Wildman–Crippen MR) is 182 cm³/mol. The fourth-order valence-electron chi connectivity index (χ4n) is 6.71. The number of amides is 1. The van der Waals surface area contributed by atoms with Crippen LogP contribution in [0.5, 0.6) is 0 Å². The van der Waals surface area contributed by atoms with Crippen molar-refractivity contribution in [3.63, 3.8) is 0 Å². The Morgan fingerprint density at radius 3 is 2.23 bits per heavy atom. The molecule has 9 heteroatoms. The van der Waals surface area contributed by atoms with Crippen molar-refractivity contribution >= 4 is 23.3 Å². The smallest absolute Gasteiger partial charge is 0.265 e. The first-order valence-electron chi connectivity index (χ1n) is 16.3. The molecule has 1 aliphatic heterocycles. The van der Waals surface area contributed by atoms with Crippen molar-refractivity contribution < 1.29 is 18.0 Å². The molecule has 1 fully saturated rings. The fraction of sp³-hybridized carbons (Fsp3) is 0.282. The molecule has 3 heterocycles. The maximum Gasteiger partial charge on any atom is 0.433 e. The number of hydrogen-bond acceptors (Lipinski definition) is 4. The fourth-order valence-corrected chi connectivity index (χ4v) is 6.71. The highest BCUT2D eigenvalue weighted by molar-refractivity contribution is 6.09. The summed E-state index contributed by atoms with van der Waals surface area (Å²) in [5.74, 6) is -0.360. The van der Waals surface area contributed by atoms with Crippen LogP contribution >= 0.6 is 0 Å². The van der Waals surface area contributed by atoms with Crippen LogP contribution in [-0.2, 0) is 6.18 Å². The van der Waals surface area contributed by atoms with Gasteiger partial charge in [0.15, 0.2) is 17.0 Å². The molecule has 0 saturated heterocycles. The summed E-state index contributed by atoms with van der Waals surface area (Å²) >= 11 is 0. The third kappa shape index (κ3) is 5.93. The van der Waals surface area contributed by atoms with Gasteiger partial charge in [0.05, 0.1) is 17.4 Å². The third-order valence-electron chi connectivity index (χ3n) is 9.36. The van der Waals surface area contributed by atoms with Crippen LogP contribution in [0.2, 0.25) is 0 Å². The number of hydrazone groups is 1. The van der Waals surface area contributed by atoms with Crippen molar-refractivity contribution in [3.05, 3.63) is 130 Å². The van der Waals surface area contributed by atoms with Crippen LogP contribution in [0.15, 0.2) is 95.6 Å². The maximum absolute atomic E-state index is 14.4. The first kappa shape index (κ1) is 31.5. The highest BCUT2D eigenvalue weighted by atomic mass is 19.4. The Morgan fingerprint density at radius 2 is 1.58 bits per heavy atom. The molecule has 244 valence electrons. The first-order chi connectivity index (χ1) is 23.0. The van der Waals surface area contributed by atoms with Crippen molar-refractivity contribution in [2.24, 2.45) is 11.0 Å². The van der Waals surface area contributed by atoms with E-state index in [4.69, 9.17) is 5.10 Å². The van der Waals surface area contributed by atoms with Gasteiger partial charge in [0.1, 0.15) is 0 Å². The van der Waals surface area contributed by atoms with E-state index in [9.17, 15) is 18.0 Å². The number of aromatic nitrogens is 3. The van der Waals surface area contributed by atoms with Gasteiger partial charge >= 0.3 is 6.18 Å². The van der Waals surface area contributed by atoms with Crippen LogP contribution in [0.25, 0.3) is 23.0 Å². The second-order valence-corrected chi connectivity index (χ2v) is 13.2. The summed E-state index contributed by atoms with van der Waals surface area (Å²) in [4.78, 5) is 18.9. The number of fused-ring (bicyclic) bond motifs is 2. The highest BCUT2D eigenvalue weighted by Crippen LogP contribution is 2.45. The van der Waals surface area contributed by atoms with E-state index in [1.807, 2.05) is 50.2 Å². The molecule has 0 spiro atoms. The number of halogens is 3. The number of carbonyl (C=O) groups excluding carboxylic acids is 1. The molecule has 1 aliphatic carbocycles. The maximum atomic E-state index is 14.4. The molecule has 0 bridgehead atoms. The molecule has 2 aliphatic rings. The summed E-state index contributed by atoms with van der Waals surface area (Å²) in [6.45, 7) is 8.15.